The molecule has 0 aromatic heterocycles. The first-order chi connectivity index (χ1) is 12.4. The van der Waals surface area contributed by atoms with Crippen LogP contribution in [0.4, 0.5) is 0 Å². The van der Waals surface area contributed by atoms with Crippen LogP contribution in [0.3, 0.4) is 0 Å². The fraction of sp³-hybridized carbons (Fsp3) is 0.400. The summed E-state index contributed by atoms with van der Waals surface area (Å²) in [5.41, 5.74) is 3.15. The molecule has 1 saturated heterocycles. The predicted molar refractivity (Wildman–Crippen MR) is 106 cm³/mol. The maximum Gasteiger partial charge on any atom is 0.214 e. The van der Waals surface area contributed by atoms with E-state index in [0.717, 1.165) is 23.1 Å². The molecule has 0 spiro atoms. The van der Waals surface area contributed by atoms with Crippen molar-refractivity contribution in [1.82, 2.24) is 4.72 Å². The van der Waals surface area contributed by atoms with Crippen molar-refractivity contribution in [2.75, 3.05) is 13.2 Å². The first-order valence-electron chi connectivity index (χ1n) is 8.82. The zero-order valence-corrected chi connectivity index (χ0v) is 16.6. The van der Waals surface area contributed by atoms with Gasteiger partial charge < -0.3 is 4.74 Å². The van der Waals surface area contributed by atoms with Gasteiger partial charge in [-0.05, 0) is 37.5 Å². The zero-order chi connectivity index (χ0) is 18.7. The Kier molecular flexibility index (Phi) is 6.03. The average molecular weight is 394 g/mol. The van der Waals surface area contributed by atoms with Gasteiger partial charge in [0, 0.05) is 23.1 Å². The van der Waals surface area contributed by atoms with Crippen LogP contribution >= 0.6 is 11.6 Å². The smallest absolute Gasteiger partial charge is 0.214 e. The molecule has 6 heteroatoms. The van der Waals surface area contributed by atoms with E-state index in [1.54, 1.807) is 13.8 Å². The third kappa shape index (κ3) is 4.29. The lowest BCUT2D eigenvalue weighted by molar-refractivity contribution is 0.0644. The molecule has 1 heterocycles. The predicted octanol–water partition coefficient (Wildman–Crippen LogP) is 4.21. The van der Waals surface area contributed by atoms with Gasteiger partial charge in [-0.15, -0.1) is 0 Å². The molecule has 26 heavy (non-hydrogen) atoms. The van der Waals surface area contributed by atoms with E-state index >= 15 is 0 Å². The van der Waals surface area contributed by atoms with E-state index in [1.807, 2.05) is 36.4 Å². The minimum Gasteiger partial charge on any atom is -0.380 e. The van der Waals surface area contributed by atoms with E-state index in [9.17, 15) is 8.42 Å². The Morgan fingerprint density at radius 1 is 1.12 bits per heavy atom. The van der Waals surface area contributed by atoms with Crippen molar-refractivity contribution in [3.8, 4) is 11.1 Å². The fourth-order valence-electron chi connectivity index (χ4n) is 3.21. The molecule has 4 nitrogen and oxygen atoms in total. The van der Waals surface area contributed by atoms with Crippen LogP contribution < -0.4 is 4.72 Å². The topological polar surface area (TPSA) is 55.4 Å². The zero-order valence-electron chi connectivity index (χ0n) is 15.0. The highest BCUT2D eigenvalue weighted by Crippen LogP contribution is 2.32. The van der Waals surface area contributed by atoms with E-state index in [2.05, 4.69) is 16.9 Å². The SMILES string of the molecule is CC(C)S(=O)(=O)N[C@H]1COCC[C@@H]1c1ccc(-c2ccccc2Cl)cc1. The number of nitrogens with one attached hydrogen (secondary N) is 1. The third-order valence-corrected chi connectivity index (χ3v) is 7.02. The van der Waals surface area contributed by atoms with Crippen LogP contribution in [0.1, 0.15) is 31.7 Å². The standard InChI is InChI=1S/C20H24ClNO3S/c1-14(2)26(23,24)22-20-13-25-12-11-18(20)16-9-7-15(8-10-16)17-5-3-4-6-19(17)21/h3-10,14,18,20,22H,11-13H2,1-2H3/t18-,20+/m1/s1. The first kappa shape index (κ1) is 19.4. The molecule has 1 N–H and O–H groups in total. The fourth-order valence-corrected chi connectivity index (χ4v) is 4.38. The summed E-state index contributed by atoms with van der Waals surface area (Å²) in [6.45, 7) is 4.39. The summed E-state index contributed by atoms with van der Waals surface area (Å²) in [5, 5.41) is 0.251. The Morgan fingerprint density at radius 3 is 2.46 bits per heavy atom. The Morgan fingerprint density at radius 2 is 1.81 bits per heavy atom. The van der Waals surface area contributed by atoms with Crippen LogP contribution in [0.2, 0.25) is 5.02 Å². The number of hydrogen-bond donors (Lipinski definition) is 1. The Hall–Kier alpha value is -1.40. The second-order valence-corrected chi connectivity index (χ2v) is 9.57. The number of sulfonamides is 1. The molecule has 3 rings (SSSR count). The second-order valence-electron chi connectivity index (χ2n) is 6.89. The van der Waals surface area contributed by atoms with Crippen molar-refractivity contribution in [1.29, 1.82) is 0 Å². The molecule has 0 amide bonds. The molecular weight excluding hydrogens is 370 g/mol. The van der Waals surface area contributed by atoms with Crippen molar-refractivity contribution in [3.05, 3.63) is 59.1 Å². The van der Waals surface area contributed by atoms with Crippen molar-refractivity contribution >= 4 is 21.6 Å². The van der Waals surface area contributed by atoms with Crippen LogP contribution in [0.5, 0.6) is 0 Å². The highest BCUT2D eigenvalue weighted by atomic mass is 35.5. The summed E-state index contributed by atoms with van der Waals surface area (Å²) >= 11 is 6.28. The molecule has 0 bridgehead atoms. The molecule has 140 valence electrons. The third-order valence-electron chi connectivity index (χ3n) is 4.82. The molecule has 1 fully saturated rings. The second kappa shape index (κ2) is 8.09. The van der Waals surface area contributed by atoms with Crippen LogP contribution in [-0.4, -0.2) is 32.9 Å². The molecule has 0 aliphatic carbocycles. The van der Waals surface area contributed by atoms with Gasteiger partial charge in [-0.3, -0.25) is 0 Å². The molecular formula is C20H24ClNO3S. The van der Waals surface area contributed by atoms with Gasteiger partial charge in [0.2, 0.25) is 10.0 Å². The van der Waals surface area contributed by atoms with E-state index in [4.69, 9.17) is 16.3 Å². The van der Waals surface area contributed by atoms with E-state index in [-0.39, 0.29) is 12.0 Å². The molecule has 0 radical (unpaired) electrons. The summed E-state index contributed by atoms with van der Waals surface area (Å²) in [6, 6.07) is 15.7. The van der Waals surface area contributed by atoms with Crippen LogP contribution in [0.25, 0.3) is 11.1 Å². The number of hydrogen-bond acceptors (Lipinski definition) is 3. The summed E-state index contributed by atoms with van der Waals surface area (Å²) in [7, 11) is -3.34. The molecule has 2 aromatic carbocycles. The van der Waals surface area contributed by atoms with Crippen molar-refractivity contribution in [3.63, 3.8) is 0 Å². The highest BCUT2D eigenvalue weighted by molar-refractivity contribution is 7.90. The Bertz CT molecular complexity index is 850. The van der Waals surface area contributed by atoms with Crippen molar-refractivity contribution in [2.24, 2.45) is 0 Å². The van der Waals surface area contributed by atoms with Gasteiger partial charge >= 0.3 is 0 Å². The van der Waals surface area contributed by atoms with Gasteiger partial charge in [0.05, 0.1) is 17.9 Å². The number of rotatable bonds is 5. The summed E-state index contributed by atoms with van der Waals surface area (Å²) in [6.07, 6.45) is 0.788. The van der Waals surface area contributed by atoms with Crippen LogP contribution in [-0.2, 0) is 14.8 Å². The minimum atomic E-state index is -3.34. The quantitative estimate of drug-likeness (QED) is 0.827. The van der Waals surface area contributed by atoms with E-state index < -0.39 is 15.3 Å². The Balaban J connectivity index is 1.83. The maximum atomic E-state index is 12.3. The Labute approximate surface area is 160 Å². The van der Waals surface area contributed by atoms with Gasteiger partial charge in [0.1, 0.15) is 0 Å². The molecule has 0 unspecified atom stereocenters. The summed E-state index contributed by atoms with van der Waals surface area (Å²) in [4.78, 5) is 0. The normalized spacial score (nSPS) is 21.1. The lowest BCUT2D eigenvalue weighted by Gasteiger charge is -2.33. The average Bonchev–Trinajstić information content (AvgIpc) is 2.62. The summed E-state index contributed by atoms with van der Waals surface area (Å²) in [5.74, 6) is 0.0950. The largest absolute Gasteiger partial charge is 0.380 e. The molecule has 2 aromatic rings. The molecule has 1 aliphatic heterocycles. The first-order valence-corrected chi connectivity index (χ1v) is 10.7. The van der Waals surface area contributed by atoms with E-state index in [1.165, 1.54) is 0 Å². The highest BCUT2D eigenvalue weighted by Gasteiger charge is 2.31. The monoisotopic (exact) mass is 393 g/mol. The van der Waals surface area contributed by atoms with Crippen LogP contribution in [0, 0.1) is 0 Å². The maximum absolute atomic E-state index is 12.3. The van der Waals surface area contributed by atoms with Crippen molar-refractivity contribution in [2.45, 2.75) is 37.5 Å². The number of ether oxygens (including phenoxy) is 1. The number of benzene rings is 2. The van der Waals surface area contributed by atoms with Gasteiger partial charge in [-0.1, -0.05) is 54.1 Å². The molecule has 0 saturated carbocycles. The van der Waals surface area contributed by atoms with Gasteiger partial charge in [-0.25, -0.2) is 13.1 Å². The van der Waals surface area contributed by atoms with Gasteiger partial charge in [-0.2, -0.15) is 0 Å². The van der Waals surface area contributed by atoms with Gasteiger partial charge in [0.25, 0.3) is 0 Å². The lowest BCUT2D eigenvalue weighted by atomic mass is 9.87. The molecule has 1 aliphatic rings. The van der Waals surface area contributed by atoms with Crippen molar-refractivity contribution < 1.29 is 13.2 Å². The molecule has 2 atom stereocenters. The number of halogens is 1. The van der Waals surface area contributed by atoms with E-state index in [0.29, 0.717) is 18.2 Å². The van der Waals surface area contributed by atoms with Gasteiger partial charge in [0.15, 0.2) is 0 Å². The summed E-state index contributed by atoms with van der Waals surface area (Å²) < 4.78 is 32.9. The minimum absolute atomic E-state index is 0.0950. The lowest BCUT2D eigenvalue weighted by Crippen LogP contribution is -2.47. The van der Waals surface area contributed by atoms with Crippen LogP contribution in [0.15, 0.2) is 48.5 Å².